The smallest absolute Gasteiger partial charge is 0.308 e. The van der Waals surface area contributed by atoms with Crippen LogP contribution in [0.4, 0.5) is 0 Å². The number of ether oxygens (including phenoxy) is 1. The van der Waals surface area contributed by atoms with Crippen LogP contribution < -0.4 is 0 Å². The predicted octanol–water partition coefficient (Wildman–Crippen LogP) is 5.97. The Bertz CT molecular complexity index is 720. The molecule has 1 aliphatic rings. The van der Waals surface area contributed by atoms with Crippen molar-refractivity contribution in [3.8, 4) is 11.1 Å². The molecule has 138 valence electrons. The van der Waals surface area contributed by atoms with E-state index in [-0.39, 0.29) is 11.9 Å². The SMILES string of the molecule is COC(=O)C1CCCCCc2cccc(c2)-c2cccc(c2)CCCC1. The van der Waals surface area contributed by atoms with Crippen LogP contribution in [0.1, 0.15) is 56.1 Å². The molecule has 1 unspecified atom stereocenters. The zero-order chi connectivity index (χ0) is 18.2. The normalized spacial score (nSPS) is 18.9. The third kappa shape index (κ3) is 5.20. The van der Waals surface area contributed by atoms with Crippen molar-refractivity contribution >= 4 is 5.97 Å². The third-order valence-corrected chi connectivity index (χ3v) is 5.51. The van der Waals surface area contributed by atoms with Crippen molar-refractivity contribution in [2.45, 2.75) is 57.8 Å². The summed E-state index contributed by atoms with van der Waals surface area (Å²) in [4.78, 5) is 12.0. The molecule has 4 bridgehead atoms. The fourth-order valence-electron chi connectivity index (χ4n) is 3.98. The molecule has 2 nitrogen and oxygen atoms in total. The van der Waals surface area contributed by atoms with Crippen molar-refractivity contribution in [2.75, 3.05) is 7.11 Å². The second-order valence-electron chi connectivity index (χ2n) is 7.47. The zero-order valence-electron chi connectivity index (χ0n) is 15.9. The number of methoxy groups -OCH3 is 1. The van der Waals surface area contributed by atoms with Crippen LogP contribution >= 0.6 is 0 Å². The quantitative estimate of drug-likeness (QED) is 0.592. The van der Waals surface area contributed by atoms with Crippen LogP contribution in [0.25, 0.3) is 11.1 Å². The molecule has 0 radical (unpaired) electrons. The van der Waals surface area contributed by atoms with Crippen LogP contribution in [-0.4, -0.2) is 13.1 Å². The summed E-state index contributed by atoms with van der Waals surface area (Å²) in [5.41, 5.74) is 5.42. The first-order valence-electron chi connectivity index (χ1n) is 10.0. The topological polar surface area (TPSA) is 26.3 Å². The molecule has 0 aliphatic heterocycles. The molecule has 0 amide bonds. The molecule has 2 aromatic rings. The zero-order valence-corrected chi connectivity index (χ0v) is 15.9. The minimum Gasteiger partial charge on any atom is -0.469 e. The highest BCUT2D eigenvalue weighted by atomic mass is 16.5. The maximum Gasteiger partial charge on any atom is 0.308 e. The molecular weight excluding hydrogens is 320 g/mol. The van der Waals surface area contributed by atoms with Crippen molar-refractivity contribution in [1.82, 2.24) is 0 Å². The Labute approximate surface area is 157 Å². The van der Waals surface area contributed by atoms with Gasteiger partial charge in [0.2, 0.25) is 0 Å². The molecule has 0 spiro atoms. The second kappa shape index (κ2) is 9.56. The molecule has 0 fully saturated rings. The standard InChI is InChI=1S/C24H30O2/c1-26-24(25)21-13-4-2-3-9-19-11-7-15-22(17-19)23-16-8-12-20(18-23)10-5-6-14-21/h7-8,11-12,15-18,21H,2-6,9-10,13-14H2,1H3. The monoisotopic (exact) mass is 350 g/mol. The van der Waals surface area contributed by atoms with E-state index in [0.29, 0.717) is 0 Å². The molecule has 0 saturated heterocycles. The number of hydrogen-bond donors (Lipinski definition) is 0. The molecule has 0 aromatic heterocycles. The maximum absolute atomic E-state index is 12.0. The largest absolute Gasteiger partial charge is 0.469 e. The lowest BCUT2D eigenvalue weighted by molar-refractivity contribution is -0.146. The lowest BCUT2D eigenvalue weighted by Gasteiger charge is -2.15. The van der Waals surface area contributed by atoms with Gasteiger partial charge in [0.05, 0.1) is 13.0 Å². The van der Waals surface area contributed by atoms with Crippen molar-refractivity contribution < 1.29 is 9.53 Å². The number of rotatable bonds is 1. The van der Waals surface area contributed by atoms with Crippen LogP contribution in [0.2, 0.25) is 0 Å². The summed E-state index contributed by atoms with van der Waals surface area (Å²) < 4.78 is 5.02. The summed E-state index contributed by atoms with van der Waals surface area (Å²) in [5, 5.41) is 0. The van der Waals surface area contributed by atoms with Gasteiger partial charge in [0.15, 0.2) is 0 Å². The fourth-order valence-corrected chi connectivity index (χ4v) is 3.98. The molecule has 2 heteroatoms. The first-order valence-corrected chi connectivity index (χ1v) is 10.0. The van der Waals surface area contributed by atoms with Crippen molar-refractivity contribution in [3.63, 3.8) is 0 Å². The molecule has 0 saturated carbocycles. The van der Waals surface area contributed by atoms with E-state index in [0.717, 1.165) is 44.9 Å². The summed E-state index contributed by atoms with van der Waals surface area (Å²) in [6.45, 7) is 0. The first-order chi connectivity index (χ1) is 12.8. The lowest BCUT2D eigenvalue weighted by Crippen LogP contribution is -2.16. The molecule has 3 rings (SSSR count). The molecule has 1 atom stereocenters. The van der Waals surface area contributed by atoms with Gasteiger partial charge in [-0.1, -0.05) is 67.8 Å². The van der Waals surface area contributed by atoms with Crippen LogP contribution in [-0.2, 0) is 22.4 Å². The third-order valence-electron chi connectivity index (χ3n) is 5.51. The highest BCUT2D eigenvalue weighted by Gasteiger charge is 2.18. The van der Waals surface area contributed by atoms with Gasteiger partial charge in [-0.3, -0.25) is 4.79 Å². The number of aryl methyl sites for hydroxylation is 2. The Balaban J connectivity index is 1.77. The van der Waals surface area contributed by atoms with Gasteiger partial charge in [-0.2, -0.15) is 0 Å². The highest BCUT2D eigenvalue weighted by Crippen LogP contribution is 2.25. The van der Waals surface area contributed by atoms with E-state index in [2.05, 4.69) is 48.5 Å². The van der Waals surface area contributed by atoms with E-state index in [4.69, 9.17) is 4.74 Å². The Kier molecular flexibility index (Phi) is 6.88. The van der Waals surface area contributed by atoms with Gasteiger partial charge >= 0.3 is 5.97 Å². The van der Waals surface area contributed by atoms with E-state index in [1.807, 2.05) is 0 Å². The van der Waals surface area contributed by atoms with Gasteiger partial charge < -0.3 is 4.74 Å². The van der Waals surface area contributed by atoms with Crippen LogP contribution in [0.5, 0.6) is 0 Å². The Morgan fingerprint density at radius 1 is 0.808 bits per heavy atom. The van der Waals surface area contributed by atoms with Crippen molar-refractivity contribution in [3.05, 3.63) is 59.7 Å². The number of carbonyl (C=O) groups excluding carboxylic acids is 1. The van der Waals surface area contributed by atoms with Crippen molar-refractivity contribution in [2.24, 2.45) is 5.92 Å². The number of hydrogen-bond acceptors (Lipinski definition) is 2. The predicted molar refractivity (Wildman–Crippen MR) is 107 cm³/mol. The first kappa shape index (κ1) is 18.7. The second-order valence-corrected chi connectivity index (χ2v) is 7.47. The van der Waals surface area contributed by atoms with E-state index >= 15 is 0 Å². The Morgan fingerprint density at radius 3 is 1.92 bits per heavy atom. The van der Waals surface area contributed by atoms with Crippen LogP contribution in [0, 0.1) is 5.92 Å². The van der Waals surface area contributed by atoms with E-state index in [1.54, 1.807) is 0 Å². The fraction of sp³-hybridized carbons (Fsp3) is 0.458. The highest BCUT2D eigenvalue weighted by molar-refractivity contribution is 5.72. The number of fused-ring (bicyclic) bond motifs is 5. The van der Waals surface area contributed by atoms with Gasteiger partial charge in [-0.25, -0.2) is 0 Å². The van der Waals surface area contributed by atoms with Gasteiger partial charge in [-0.15, -0.1) is 0 Å². The summed E-state index contributed by atoms with van der Waals surface area (Å²) >= 11 is 0. The molecule has 0 N–H and O–H groups in total. The van der Waals surface area contributed by atoms with Crippen molar-refractivity contribution in [1.29, 1.82) is 0 Å². The molecule has 2 aromatic carbocycles. The Morgan fingerprint density at radius 2 is 1.35 bits per heavy atom. The number of benzene rings is 2. The van der Waals surface area contributed by atoms with E-state index in [9.17, 15) is 4.79 Å². The maximum atomic E-state index is 12.0. The summed E-state index contributed by atoms with van der Waals surface area (Å²) in [7, 11) is 1.51. The minimum atomic E-state index is -0.0270. The Hall–Kier alpha value is -2.09. The van der Waals surface area contributed by atoms with E-state index < -0.39 is 0 Å². The van der Waals surface area contributed by atoms with E-state index in [1.165, 1.54) is 42.2 Å². The number of esters is 1. The van der Waals surface area contributed by atoms with Gasteiger partial charge in [0.25, 0.3) is 0 Å². The molecule has 0 heterocycles. The summed E-state index contributed by atoms with van der Waals surface area (Å²) in [6.07, 6.45) is 9.75. The van der Waals surface area contributed by atoms with Gasteiger partial charge in [-0.05, 0) is 60.8 Å². The molecular formula is C24H30O2. The minimum absolute atomic E-state index is 0.0270. The molecule has 1 aliphatic carbocycles. The van der Waals surface area contributed by atoms with Gasteiger partial charge in [0, 0.05) is 0 Å². The van der Waals surface area contributed by atoms with Crippen LogP contribution in [0.15, 0.2) is 48.5 Å². The summed E-state index contributed by atoms with van der Waals surface area (Å²) in [5.74, 6) is 0.0448. The average molecular weight is 351 g/mol. The number of carbonyl (C=O) groups is 1. The van der Waals surface area contributed by atoms with Gasteiger partial charge in [0.1, 0.15) is 0 Å². The van der Waals surface area contributed by atoms with Crippen LogP contribution in [0.3, 0.4) is 0 Å². The average Bonchev–Trinajstić information content (AvgIpc) is 2.68. The summed E-state index contributed by atoms with van der Waals surface area (Å²) in [6, 6.07) is 17.9. The lowest BCUT2D eigenvalue weighted by atomic mass is 9.92. The molecule has 26 heavy (non-hydrogen) atoms.